The molecule has 3 N–H and O–H groups in total. The van der Waals surface area contributed by atoms with Gasteiger partial charge in [0.2, 0.25) is 0 Å². The van der Waals surface area contributed by atoms with E-state index in [9.17, 15) is 9.59 Å². The van der Waals surface area contributed by atoms with Crippen molar-refractivity contribution in [3.63, 3.8) is 0 Å². The largest absolute Gasteiger partial charge is 0.493 e. The molecule has 37 heavy (non-hydrogen) atoms. The molecule has 1 fully saturated rings. The summed E-state index contributed by atoms with van der Waals surface area (Å²) in [5.41, 5.74) is 9.68. The third kappa shape index (κ3) is 4.62. The predicted molar refractivity (Wildman–Crippen MR) is 143 cm³/mol. The highest BCUT2D eigenvalue weighted by molar-refractivity contribution is 6.10. The van der Waals surface area contributed by atoms with Crippen LogP contribution in [0.5, 0.6) is 0 Å². The summed E-state index contributed by atoms with van der Waals surface area (Å²) in [4.78, 5) is 29.8. The monoisotopic (exact) mass is 504 g/mol. The molecular formula is C27H32N6O4. The first kappa shape index (κ1) is 25.7. The van der Waals surface area contributed by atoms with E-state index in [0.29, 0.717) is 41.6 Å². The molecule has 194 valence electrons. The maximum atomic E-state index is 13.9. The Hall–Kier alpha value is -4.34. The Labute approximate surface area is 216 Å². The first-order valence-corrected chi connectivity index (χ1v) is 12.1. The van der Waals surface area contributed by atoms with Crippen molar-refractivity contribution < 1.29 is 19.1 Å². The quantitative estimate of drug-likeness (QED) is 0.418. The normalized spacial score (nSPS) is 16.2. The van der Waals surface area contributed by atoms with E-state index in [4.69, 9.17) is 20.6 Å². The van der Waals surface area contributed by atoms with Crippen molar-refractivity contribution >= 4 is 34.7 Å². The Bertz CT molecular complexity index is 1350. The number of rotatable bonds is 8. The Morgan fingerprint density at radius 2 is 1.95 bits per heavy atom. The number of amidine groups is 1. The molecule has 4 rings (SSSR count). The highest BCUT2D eigenvalue weighted by Crippen LogP contribution is 2.33. The number of carbonyl (C=O) groups excluding carboxylic acids is 2. The number of fused-ring (bicyclic) bond motifs is 1. The number of methoxy groups -OCH3 is 2. The Morgan fingerprint density at radius 1 is 1.19 bits per heavy atom. The minimum absolute atomic E-state index is 0.0689. The van der Waals surface area contributed by atoms with E-state index in [1.54, 1.807) is 24.0 Å². The lowest BCUT2D eigenvalue weighted by atomic mass is 10.0. The van der Waals surface area contributed by atoms with E-state index in [-0.39, 0.29) is 17.3 Å². The SMILES string of the molecule is C=C(OC)/C(=C\C(=C/C)n1nc(C(N)=O)c2c1C(=O)N(c1ccc(N3CCCC3=N)c(C)c1)CC2)OC. The van der Waals surface area contributed by atoms with E-state index in [1.807, 2.05) is 30.0 Å². The van der Waals surface area contributed by atoms with Crippen molar-refractivity contribution in [2.75, 3.05) is 37.1 Å². The van der Waals surface area contributed by atoms with Crippen molar-refractivity contribution in [2.45, 2.75) is 33.1 Å². The molecule has 1 aromatic heterocycles. The predicted octanol–water partition coefficient (Wildman–Crippen LogP) is 3.62. The van der Waals surface area contributed by atoms with Gasteiger partial charge in [0.15, 0.2) is 17.2 Å². The van der Waals surface area contributed by atoms with E-state index in [2.05, 4.69) is 11.7 Å². The summed E-state index contributed by atoms with van der Waals surface area (Å²) in [6, 6.07) is 5.82. The Kier molecular flexibility index (Phi) is 7.19. The summed E-state index contributed by atoms with van der Waals surface area (Å²) < 4.78 is 12.0. The van der Waals surface area contributed by atoms with Crippen LogP contribution in [0.15, 0.2) is 48.4 Å². The minimum Gasteiger partial charge on any atom is -0.493 e. The second-order valence-electron chi connectivity index (χ2n) is 8.88. The second-order valence-corrected chi connectivity index (χ2v) is 8.88. The smallest absolute Gasteiger partial charge is 0.277 e. The number of aryl methyl sites for hydroxylation is 1. The topological polar surface area (TPSA) is 127 Å². The van der Waals surface area contributed by atoms with Crippen molar-refractivity contribution in [3.8, 4) is 0 Å². The number of aromatic nitrogens is 2. The molecule has 0 unspecified atom stereocenters. The average molecular weight is 505 g/mol. The highest BCUT2D eigenvalue weighted by atomic mass is 16.5. The van der Waals surface area contributed by atoms with Crippen LogP contribution in [0, 0.1) is 12.3 Å². The lowest BCUT2D eigenvalue weighted by Crippen LogP contribution is -2.39. The number of hydrogen-bond acceptors (Lipinski definition) is 6. The zero-order valence-corrected chi connectivity index (χ0v) is 21.6. The van der Waals surface area contributed by atoms with E-state index in [0.717, 1.165) is 36.3 Å². The van der Waals surface area contributed by atoms with Crippen LogP contribution in [-0.4, -0.2) is 54.7 Å². The number of allylic oxidation sites excluding steroid dienone is 3. The number of anilines is 2. The molecule has 2 amide bonds. The van der Waals surface area contributed by atoms with Gasteiger partial charge in [-0.2, -0.15) is 5.10 Å². The van der Waals surface area contributed by atoms with E-state index < -0.39 is 5.91 Å². The second kappa shape index (κ2) is 10.3. The summed E-state index contributed by atoms with van der Waals surface area (Å²) in [7, 11) is 2.96. The van der Waals surface area contributed by atoms with Gasteiger partial charge >= 0.3 is 0 Å². The summed E-state index contributed by atoms with van der Waals surface area (Å²) in [5, 5.41) is 12.6. The van der Waals surface area contributed by atoms with Gasteiger partial charge in [-0.3, -0.25) is 15.0 Å². The van der Waals surface area contributed by atoms with Gasteiger partial charge in [0.1, 0.15) is 11.5 Å². The van der Waals surface area contributed by atoms with Gasteiger partial charge in [-0.15, -0.1) is 0 Å². The first-order valence-electron chi connectivity index (χ1n) is 12.1. The highest BCUT2D eigenvalue weighted by Gasteiger charge is 2.35. The molecule has 1 saturated heterocycles. The molecule has 0 bridgehead atoms. The van der Waals surface area contributed by atoms with Crippen LogP contribution in [0.1, 0.15) is 51.9 Å². The molecule has 10 heteroatoms. The van der Waals surface area contributed by atoms with Gasteiger partial charge in [-0.1, -0.05) is 12.7 Å². The van der Waals surface area contributed by atoms with Crippen LogP contribution in [-0.2, 0) is 15.9 Å². The number of hydrogen-bond donors (Lipinski definition) is 2. The fourth-order valence-corrected chi connectivity index (χ4v) is 4.80. The minimum atomic E-state index is -0.697. The molecule has 0 saturated carbocycles. The average Bonchev–Trinajstić information content (AvgIpc) is 3.49. The zero-order valence-electron chi connectivity index (χ0n) is 21.6. The van der Waals surface area contributed by atoms with Crippen molar-refractivity contribution in [1.29, 1.82) is 5.41 Å². The fourth-order valence-electron chi connectivity index (χ4n) is 4.80. The van der Waals surface area contributed by atoms with Crippen molar-refractivity contribution in [1.82, 2.24) is 9.78 Å². The van der Waals surface area contributed by atoms with Gasteiger partial charge < -0.3 is 25.0 Å². The molecule has 0 spiro atoms. The van der Waals surface area contributed by atoms with Gasteiger partial charge in [0, 0.05) is 42.5 Å². The molecule has 0 radical (unpaired) electrons. The van der Waals surface area contributed by atoms with Crippen LogP contribution >= 0.6 is 0 Å². The van der Waals surface area contributed by atoms with Crippen LogP contribution in [0.4, 0.5) is 11.4 Å². The first-order chi connectivity index (χ1) is 17.7. The van der Waals surface area contributed by atoms with Crippen molar-refractivity contribution in [2.24, 2.45) is 5.73 Å². The van der Waals surface area contributed by atoms with Gasteiger partial charge in [-0.25, -0.2) is 4.68 Å². The molecule has 0 aliphatic carbocycles. The number of carbonyl (C=O) groups is 2. The molecule has 1 aromatic carbocycles. The lowest BCUT2D eigenvalue weighted by molar-refractivity contribution is 0.0973. The standard InChI is InChI=1S/C27H32N6O4/c1-6-18(15-22(37-5)17(3)36-4)33-25-20(24(30-33)26(29)34)11-13-31(27(25)35)19-9-10-21(16(2)14-19)32-12-7-8-23(32)28/h6,9-10,14-15,28H,3,7-8,11-13H2,1-2,4-5H3,(H2,29,34)/b18-6+,22-15+,28-23?. The maximum absolute atomic E-state index is 13.9. The third-order valence-corrected chi connectivity index (χ3v) is 6.71. The number of nitrogens with two attached hydrogens (primary N) is 1. The number of benzene rings is 1. The molecular weight excluding hydrogens is 472 g/mol. The van der Waals surface area contributed by atoms with E-state index in [1.165, 1.54) is 18.9 Å². The molecule has 3 heterocycles. The lowest BCUT2D eigenvalue weighted by Gasteiger charge is -2.29. The summed E-state index contributed by atoms with van der Waals surface area (Å²) in [6.07, 6.45) is 5.53. The number of nitrogens with zero attached hydrogens (tertiary/aromatic N) is 4. The van der Waals surface area contributed by atoms with Crippen LogP contribution in [0.3, 0.4) is 0 Å². The van der Waals surface area contributed by atoms with Crippen LogP contribution in [0.2, 0.25) is 0 Å². The number of amides is 2. The molecule has 2 aromatic rings. The fraction of sp³-hybridized carbons (Fsp3) is 0.333. The maximum Gasteiger partial charge on any atom is 0.277 e. The zero-order chi connectivity index (χ0) is 26.9. The summed E-state index contributed by atoms with van der Waals surface area (Å²) in [5.74, 6) is 0.264. The van der Waals surface area contributed by atoms with Crippen molar-refractivity contribution in [3.05, 3.63) is 71.0 Å². The molecule has 0 atom stereocenters. The van der Waals surface area contributed by atoms with E-state index >= 15 is 0 Å². The Morgan fingerprint density at radius 3 is 2.51 bits per heavy atom. The summed E-state index contributed by atoms with van der Waals surface area (Å²) >= 11 is 0. The molecule has 2 aliphatic heterocycles. The molecule has 10 nitrogen and oxygen atoms in total. The number of ether oxygens (including phenoxy) is 2. The Balaban J connectivity index is 1.76. The van der Waals surface area contributed by atoms with Gasteiger partial charge in [0.25, 0.3) is 11.8 Å². The van der Waals surface area contributed by atoms with Crippen LogP contribution < -0.4 is 15.5 Å². The van der Waals surface area contributed by atoms with Gasteiger partial charge in [0.05, 0.1) is 19.9 Å². The number of primary amides is 1. The van der Waals surface area contributed by atoms with Crippen LogP contribution in [0.25, 0.3) is 5.70 Å². The number of nitrogens with one attached hydrogen (secondary N) is 1. The molecule has 2 aliphatic rings. The summed E-state index contributed by atoms with van der Waals surface area (Å²) in [6.45, 7) is 8.79. The third-order valence-electron chi connectivity index (χ3n) is 6.71. The van der Waals surface area contributed by atoms with Gasteiger partial charge in [-0.05, 0) is 50.5 Å².